The number of aliphatic carboxylic acids is 1. The minimum Gasteiger partial charge on any atom is -0.481 e. The van der Waals surface area contributed by atoms with Crippen molar-refractivity contribution >= 4 is 17.5 Å². The quantitative estimate of drug-likeness (QED) is 0.474. The average molecular weight is 424 g/mol. The lowest BCUT2D eigenvalue weighted by atomic mass is 9.99. The minimum atomic E-state index is -0.806. The molecule has 2 N–H and O–H groups in total. The van der Waals surface area contributed by atoms with Gasteiger partial charge in [0.15, 0.2) is 5.84 Å². The molecule has 3 rings (SSSR count). The van der Waals surface area contributed by atoms with Crippen molar-refractivity contribution in [2.45, 2.75) is 40.2 Å². The molecule has 0 aliphatic carbocycles. The predicted octanol–water partition coefficient (Wildman–Crippen LogP) is 4.77. The highest BCUT2D eigenvalue weighted by Gasteiger charge is 2.32. The van der Waals surface area contributed by atoms with E-state index in [0.717, 1.165) is 17.7 Å². The molecule has 0 saturated carbocycles. The van der Waals surface area contributed by atoms with Gasteiger partial charge in [-0.1, -0.05) is 57.2 Å². The number of hydrogen-bond acceptors (Lipinski definition) is 3. The van der Waals surface area contributed by atoms with E-state index >= 15 is 0 Å². The van der Waals surface area contributed by atoms with E-state index in [1.807, 2.05) is 24.0 Å². The highest BCUT2D eigenvalue weighted by molar-refractivity contribution is 6.11. The third kappa shape index (κ3) is 5.85. The Balaban J connectivity index is 1.69. The van der Waals surface area contributed by atoms with Crippen molar-refractivity contribution in [3.05, 3.63) is 70.5 Å². The molecule has 0 amide bonds. The number of nitrogens with one attached hydrogen (secondary N) is 1. The van der Waals surface area contributed by atoms with E-state index in [4.69, 9.17) is 10.5 Å². The highest BCUT2D eigenvalue weighted by atomic mass is 19.1. The largest absolute Gasteiger partial charge is 0.481 e. The van der Waals surface area contributed by atoms with Crippen LogP contribution in [0.1, 0.15) is 49.4 Å². The summed E-state index contributed by atoms with van der Waals surface area (Å²) < 4.78 is 14.6. The first-order valence-corrected chi connectivity index (χ1v) is 10.8. The molecule has 1 aliphatic rings. The maximum Gasteiger partial charge on any atom is 0.309 e. The minimum absolute atomic E-state index is 0.0310. The number of likely N-dealkylation sites (tertiary alicyclic amines) is 1. The van der Waals surface area contributed by atoms with Crippen LogP contribution in [0.4, 0.5) is 4.39 Å². The number of carboxylic acid groups (broad SMARTS) is 1. The zero-order valence-corrected chi connectivity index (χ0v) is 18.4. The molecule has 0 aromatic heterocycles. The fourth-order valence-electron chi connectivity index (χ4n) is 3.77. The third-order valence-corrected chi connectivity index (χ3v) is 5.54. The van der Waals surface area contributed by atoms with E-state index in [2.05, 4.69) is 31.0 Å². The average Bonchev–Trinajstić information content (AvgIpc) is 2.69. The fourth-order valence-corrected chi connectivity index (χ4v) is 3.77. The van der Waals surface area contributed by atoms with Gasteiger partial charge in [0, 0.05) is 36.5 Å². The molecule has 2 aromatic rings. The summed E-state index contributed by atoms with van der Waals surface area (Å²) in [4.78, 5) is 17.3. The molecule has 0 radical (unpaired) electrons. The maximum atomic E-state index is 14.6. The molecule has 0 unspecified atom stereocenters. The summed E-state index contributed by atoms with van der Waals surface area (Å²) in [6, 6.07) is 13.0. The molecular weight excluding hydrogens is 393 g/mol. The van der Waals surface area contributed by atoms with Crippen molar-refractivity contribution in [1.82, 2.24) is 4.90 Å². The predicted molar refractivity (Wildman–Crippen MR) is 121 cm³/mol. The monoisotopic (exact) mass is 423 g/mol. The maximum absolute atomic E-state index is 14.6. The zero-order chi connectivity index (χ0) is 22.5. The van der Waals surface area contributed by atoms with Crippen LogP contribution >= 0.6 is 0 Å². The molecule has 1 heterocycles. The van der Waals surface area contributed by atoms with Gasteiger partial charge in [0.25, 0.3) is 0 Å². The Morgan fingerprint density at radius 3 is 2.39 bits per heavy atom. The summed E-state index contributed by atoms with van der Waals surface area (Å²) in [5.41, 5.74) is 3.98. The number of benzene rings is 2. The molecule has 164 valence electrons. The number of aliphatic imine (C=N–C) groups is 1. The van der Waals surface area contributed by atoms with Gasteiger partial charge in [0.05, 0.1) is 5.92 Å². The first-order chi connectivity index (χ1) is 14.8. The van der Waals surface area contributed by atoms with E-state index < -0.39 is 11.8 Å². The van der Waals surface area contributed by atoms with E-state index in [-0.39, 0.29) is 11.8 Å². The molecule has 5 nitrogen and oxygen atoms in total. The van der Waals surface area contributed by atoms with Crippen molar-refractivity contribution in [3.63, 3.8) is 0 Å². The lowest BCUT2D eigenvalue weighted by Crippen LogP contribution is -2.49. The van der Waals surface area contributed by atoms with Crippen molar-refractivity contribution in [1.29, 1.82) is 5.41 Å². The van der Waals surface area contributed by atoms with Crippen LogP contribution in [0.3, 0.4) is 0 Å². The van der Waals surface area contributed by atoms with Gasteiger partial charge in [-0.25, -0.2) is 9.38 Å². The Morgan fingerprint density at radius 2 is 1.84 bits per heavy atom. The number of halogens is 1. The second kappa shape index (κ2) is 9.96. The molecule has 6 heteroatoms. The van der Waals surface area contributed by atoms with Gasteiger partial charge < -0.3 is 5.11 Å². The van der Waals surface area contributed by atoms with Gasteiger partial charge in [-0.3, -0.25) is 15.1 Å². The molecule has 1 fully saturated rings. The summed E-state index contributed by atoms with van der Waals surface area (Å²) in [7, 11) is 0. The van der Waals surface area contributed by atoms with Crippen LogP contribution in [0.5, 0.6) is 0 Å². The van der Waals surface area contributed by atoms with Crippen molar-refractivity contribution in [2.24, 2.45) is 16.8 Å². The van der Waals surface area contributed by atoms with Crippen LogP contribution in [0.2, 0.25) is 0 Å². The van der Waals surface area contributed by atoms with Gasteiger partial charge in [0.2, 0.25) is 0 Å². The summed E-state index contributed by atoms with van der Waals surface area (Å²) in [5, 5.41) is 17.3. The van der Waals surface area contributed by atoms with Crippen LogP contribution in [-0.2, 0) is 17.8 Å². The molecular formula is C25H30FN3O2. The topological polar surface area (TPSA) is 76.8 Å². The summed E-state index contributed by atoms with van der Waals surface area (Å²) in [6.45, 7) is 7.62. The van der Waals surface area contributed by atoms with Gasteiger partial charge in [-0.15, -0.1) is 0 Å². The van der Waals surface area contributed by atoms with Crippen molar-refractivity contribution < 1.29 is 14.3 Å². The number of carboxylic acids is 1. The van der Waals surface area contributed by atoms with E-state index in [1.54, 1.807) is 12.1 Å². The smallest absolute Gasteiger partial charge is 0.309 e. The molecule has 1 aliphatic heterocycles. The Bertz CT molecular complexity index is 977. The summed E-state index contributed by atoms with van der Waals surface area (Å²) in [6.07, 6.45) is 1.70. The molecule has 1 saturated heterocycles. The second-order valence-corrected chi connectivity index (χ2v) is 8.59. The Labute approximate surface area is 183 Å². The van der Waals surface area contributed by atoms with Crippen LogP contribution in [-0.4, -0.2) is 40.6 Å². The van der Waals surface area contributed by atoms with Crippen molar-refractivity contribution in [3.8, 4) is 0 Å². The summed E-state index contributed by atoms with van der Waals surface area (Å²) >= 11 is 0. The molecule has 0 spiro atoms. The van der Waals surface area contributed by atoms with Crippen molar-refractivity contribution in [2.75, 3.05) is 13.1 Å². The number of hydrogen-bond donors (Lipinski definition) is 2. The summed E-state index contributed by atoms with van der Waals surface area (Å²) in [5.74, 6) is -0.942. The molecule has 31 heavy (non-hydrogen) atoms. The third-order valence-electron chi connectivity index (χ3n) is 5.54. The van der Waals surface area contributed by atoms with Gasteiger partial charge in [0.1, 0.15) is 5.82 Å². The van der Waals surface area contributed by atoms with E-state index in [0.29, 0.717) is 43.1 Å². The van der Waals surface area contributed by atoms with E-state index in [1.165, 1.54) is 11.6 Å². The van der Waals surface area contributed by atoms with Gasteiger partial charge in [-0.05, 0) is 36.0 Å². The lowest BCUT2D eigenvalue weighted by molar-refractivity contribution is -0.147. The van der Waals surface area contributed by atoms with Crippen LogP contribution in [0, 0.1) is 23.1 Å². The second-order valence-electron chi connectivity index (χ2n) is 8.59. The van der Waals surface area contributed by atoms with Gasteiger partial charge in [-0.2, -0.15) is 0 Å². The molecule has 0 atom stereocenters. The van der Waals surface area contributed by atoms with Crippen LogP contribution in [0.15, 0.2) is 47.5 Å². The Hall–Kier alpha value is -2.86. The first-order valence-electron chi connectivity index (χ1n) is 10.8. The Morgan fingerprint density at radius 1 is 1.19 bits per heavy atom. The van der Waals surface area contributed by atoms with Gasteiger partial charge >= 0.3 is 5.97 Å². The Kier molecular flexibility index (Phi) is 7.33. The van der Waals surface area contributed by atoms with E-state index in [9.17, 15) is 9.18 Å². The fraction of sp³-hybridized carbons (Fsp3) is 0.400. The SMILES string of the molecule is CCC(=NC(=N)c1ccc(CN2CC(C(=O)O)C2)c(F)c1)c1ccc(CC(C)C)cc1. The van der Waals surface area contributed by atoms with Crippen LogP contribution in [0.25, 0.3) is 0 Å². The number of nitrogens with zero attached hydrogens (tertiary/aromatic N) is 2. The highest BCUT2D eigenvalue weighted by Crippen LogP contribution is 2.21. The molecule has 0 bridgehead atoms. The van der Waals surface area contributed by atoms with Crippen LogP contribution < -0.4 is 0 Å². The first kappa shape index (κ1) is 22.8. The number of carbonyl (C=O) groups is 1. The molecule has 2 aromatic carbocycles. The number of rotatable bonds is 8. The number of amidine groups is 1. The normalized spacial score (nSPS) is 15.2. The lowest BCUT2D eigenvalue weighted by Gasteiger charge is -2.36. The zero-order valence-electron chi connectivity index (χ0n) is 18.4. The standard InChI is InChI=1S/C25H30FN3O2/c1-4-23(18-7-5-17(6-8-18)11-16(2)3)28-24(27)19-9-10-20(22(26)12-19)13-29-14-21(15-29)25(30)31/h5-10,12,16,21,27H,4,11,13-15H2,1-3H3,(H,30,31).